The van der Waals surface area contributed by atoms with Crippen LogP contribution in [0.3, 0.4) is 0 Å². The van der Waals surface area contributed by atoms with Crippen molar-refractivity contribution in [1.82, 2.24) is 15.5 Å². The molecular formula is C14H20ClN3O3S. The molecule has 8 heteroatoms. The zero-order chi connectivity index (χ0) is 15.8. The molecule has 2 amide bonds. The Balaban J connectivity index is 1.55. The van der Waals surface area contributed by atoms with Crippen molar-refractivity contribution >= 4 is 34.8 Å². The SMILES string of the molecule is O=C(CNC(=O)Cc1ccc(Cl)s1)NCCN1CCOCC1. The van der Waals surface area contributed by atoms with Crippen molar-refractivity contribution in [1.29, 1.82) is 0 Å². The molecule has 1 aliphatic rings. The minimum absolute atomic E-state index is 0.00104. The van der Waals surface area contributed by atoms with Crippen LogP contribution in [0.1, 0.15) is 4.88 Å². The van der Waals surface area contributed by atoms with Gasteiger partial charge >= 0.3 is 0 Å². The van der Waals surface area contributed by atoms with Gasteiger partial charge in [0.2, 0.25) is 11.8 Å². The number of thiophene rings is 1. The van der Waals surface area contributed by atoms with Crippen LogP contribution in [0.25, 0.3) is 0 Å². The summed E-state index contributed by atoms with van der Waals surface area (Å²) in [6.45, 7) is 4.67. The van der Waals surface area contributed by atoms with E-state index in [-0.39, 0.29) is 24.8 Å². The topological polar surface area (TPSA) is 70.7 Å². The van der Waals surface area contributed by atoms with Gasteiger partial charge in [-0.15, -0.1) is 11.3 Å². The summed E-state index contributed by atoms with van der Waals surface area (Å²) in [5.41, 5.74) is 0. The molecule has 0 unspecified atom stereocenters. The highest BCUT2D eigenvalue weighted by Gasteiger charge is 2.11. The maximum atomic E-state index is 11.7. The molecule has 0 radical (unpaired) electrons. The van der Waals surface area contributed by atoms with Crippen LogP contribution in [0.5, 0.6) is 0 Å². The van der Waals surface area contributed by atoms with Gasteiger partial charge in [0, 0.05) is 31.1 Å². The van der Waals surface area contributed by atoms with Gasteiger partial charge < -0.3 is 15.4 Å². The monoisotopic (exact) mass is 345 g/mol. The third-order valence-corrected chi connectivity index (χ3v) is 4.49. The first-order chi connectivity index (χ1) is 10.6. The van der Waals surface area contributed by atoms with Crippen LogP contribution in [0.15, 0.2) is 12.1 Å². The lowest BCUT2D eigenvalue weighted by Gasteiger charge is -2.26. The molecule has 1 aromatic rings. The number of amides is 2. The maximum Gasteiger partial charge on any atom is 0.239 e. The van der Waals surface area contributed by atoms with Gasteiger partial charge in [0.05, 0.1) is 30.5 Å². The molecule has 0 bridgehead atoms. The standard InChI is InChI=1S/C14H20ClN3O3S/c15-12-2-1-11(22-12)9-13(19)17-10-14(20)16-3-4-18-5-7-21-8-6-18/h1-2H,3-10H2,(H,16,20)(H,17,19). The number of hydrogen-bond donors (Lipinski definition) is 2. The fourth-order valence-electron chi connectivity index (χ4n) is 2.09. The van der Waals surface area contributed by atoms with Crippen molar-refractivity contribution in [2.24, 2.45) is 0 Å². The van der Waals surface area contributed by atoms with Gasteiger partial charge in [0.25, 0.3) is 0 Å². The number of morpholine rings is 1. The van der Waals surface area contributed by atoms with Crippen LogP contribution >= 0.6 is 22.9 Å². The number of nitrogens with one attached hydrogen (secondary N) is 2. The largest absolute Gasteiger partial charge is 0.379 e. The second-order valence-electron chi connectivity index (χ2n) is 4.96. The van der Waals surface area contributed by atoms with E-state index in [0.717, 1.165) is 37.7 Å². The summed E-state index contributed by atoms with van der Waals surface area (Å²) >= 11 is 7.17. The third kappa shape index (κ3) is 6.31. The second-order valence-corrected chi connectivity index (χ2v) is 6.76. The highest BCUT2D eigenvalue weighted by molar-refractivity contribution is 7.16. The predicted molar refractivity (Wildman–Crippen MR) is 86.3 cm³/mol. The van der Waals surface area contributed by atoms with E-state index in [0.29, 0.717) is 10.9 Å². The molecule has 2 N–H and O–H groups in total. The first-order valence-electron chi connectivity index (χ1n) is 7.21. The molecule has 2 heterocycles. The van der Waals surface area contributed by atoms with E-state index in [1.54, 1.807) is 6.07 Å². The van der Waals surface area contributed by atoms with Gasteiger partial charge in [0.1, 0.15) is 0 Å². The first-order valence-corrected chi connectivity index (χ1v) is 8.40. The molecular weight excluding hydrogens is 326 g/mol. The van der Waals surface area contributed by atoms with E-state index in [1.165, 1.54) is 11.3 Å². The average Bonchev–Trinajstić information content (AvgIpc) is 2.91. The molecule has 2 rings (SSSR count). The Kier molecular flexibility index (Phi) is 7.11. The lowest BCUT2D eigenvalue weighted by atomic mass is 10.3. The number of ether oxygens (including phenoxy) is 1. The highest BCUT2D eigenvalue weighted by atomic mass is 35.5. The lowest BCUT2D eigenvalue weighted by molar-refractivity contribution is -0.125. The third-order valence-electron chi connectivity index (χ3n) is 3.26. The zero-order valence-corrected chi connectivity index (χ0v) is 13.8. The number of hydrogen-bond acceptors (Lipinski definition) is 5. The van der Waals surface area contributed by atoms with Gasteiger partial charge in [-0.25, -0.2) is 0 Å². The molecule has 1 aliphatic heterocycles. The van der Waals surface area contributed by atoms with Gasteiger partial charge in [0.15, 0.2) is 0 Å². The minimum Gasteiger partial charge on any atom is -0.379 e. The summed E-state index contributed by atoms with van der Waals surface area (Å²) in [5.74, 6) is -0.354. The quantitative estimate of drug-likeness (QED) is 0.755. The normalized spacial score (nSPS) is 15.5. The van der Waals surface area contributed by atoms with Crippen LogP contribution in [-0.4, -0.2) is 62.7 Å². The summed E-state index contributed by atoms with van der Waals surface area (Å²) in [7, 11) is 0. The highest BCUT2D eigenvalue weighted by Crippen LogP contribution is 2.21. The summed E-state index contributed by atoms with van der Waals surface area (Å²) in [4.78, 5) is 26.5. The van der Waals surface area contributed by atoms with Crippen LogP contribution in [-0.2, 0) is 20.7 Å². The van der Waals surface area contributed by atoms with Crippen LogP contribution in [0, 0.1) is 0 Å². The van der Waals surface area contributed by atoms with Crippen molar-refractivity contribution in [2.75, 3.05) is 45.9 Å². The van der Waals surface area contributed by atoms with E-state index in [9.17, 15) is 9.59 Å². The Morgan fingerprint density at radius 3 is 2.68 bits per heavy atom. The van der Waals surface area contributed by atoms with Crippen LogP contribution in [0.2, 0.25) is 4.34 Å². The van der Waals surface area contributed by atoms with Gasteiger partial charge in [-0.2, -0.15) is 0 Å². The molecule has 0 saturated carbocycles. The first kappa shape index (κ1) is 17.2. The maximum absolute atomic E-state index is 11.7. The van der Waals surface area contributed by atoms with Gasteiger partial charge in [-0.05, 0) is 12.1 Å². The summed E-state index contributed by atoms with van der Waals surface area (Å²) < 4.78 is 5.91. The Morgan fingerprint density at radius 2 is 2.00 bits per heavy atom. The molecule has 0 spiro atoms. The Labute approximate surface area is 138 Å². The molecule has 1 aromatic heterocycles. The fraction of sp³-hybridized carbons (Fsp3) is 0.571. The molecule has 0 aromatic carbocycles. The van der Waals surface area contributed by atoms with Gasteiger partial charge in [-0.1, -0.05) is 11.6 Å². The Morgan fingerprint density at radius 1 is 1.23 bits per heavy atom. The van der Waals surface area contributed by atoms with Crippen molar-refractivity contribution in [3.8, 4) is 0 Å². The van der Waals surface area contributed by atoms with E-state index in [2.05, 4.69) is 15.5 Å². The Bertz CT molecular complexity index is 503. The van der Waals surface area contributed by atoms with E-state index >= 15 is 0 Å². The Hall–Kier alpha value is -1.15. The summed E-state index contributed by atoms with van der Waals surface area (Å²) in [6.07, 6.45) is 0.248. The average molecular weight is 346 g/mol. The van der Waals surface area contributed by atoms with Crippen molar-refractivity contribution in [3.05, 3.63) is 21.3 Å². The number of nitrogens with zero attached hydrogens (tertiary/aromatic N) is 1. The van der Waals surface area contributed by atoms with Crippen LogP contribution in [0.4, 0.5) is 0 Å². The van der Waals surface area contributed by atoms with E-state index in [1.807, 2.05) is 6.07 Å². The van der Waals surface area contributed by atoms with E-state index in [4.69, 9.17) is 16.3 Å². The molecule has 0 aliphatic carbocycles. The predicted octanol–water partition coefficient (Wildman–Crippen LogP) is 0.509. The molecule has 0 atom stereocenters. The molecule has 6 nitrogen and oxygen atoms in total. The summed E-state index contributed by atoms with van der Waals surface area (Å²) in [5, 5.41) is 5.41. The molecule has 1 fully saturated rings. The van der Waals surface area contributed by atoms with Crippen LogP contribution < -0.4 is 10.6 Å². The number of halogens is 1. The van der Waals surface area contributed by atoms with Gasteiger partial charge in [-0.3, -0.25) is 14.5 Å². The van der Waals surface area contributed by atoms with Crippen molar-refractivity contribution in [3.63, 3.8) is 0 Å². The number of carbonyl (C=O) groups is 2. The molecule has 122 valence electrons. The summed E-state index contributed by atoms with van der Waals surface area (Å²) in [6, 6.07) is 3.57. The number of carbonyl (C=O) groups excluding carboxylic acids is 2. The molecule has 22 heavy (non-hydrogen) atoms. The second kappa shape index (κ2) is 9.09. The number of rotatable bonds is 7. The van der Waals surface area contributed by atoms with Crippen molar-refractivity contribution < 1.29 is 14.3 Å². The van der Waals surface area contributed by atoms with E-state index < -0.39 is 0 Å². The minimum atomic E-state index is -0.179. The van der Waals surface area contributed by atoms with Crippen molar-refractivity contribution in [2.45, 2.75) is 6.42 Å². The fourth-order valence-corrected chi connectivity index (χ4v) is 3.17. The lowest BCUT2D eigenvalue weighted by Crippen LogP contribution is -2.43. The molecule has 1 saturated heterocycles. The smallest absolute Gasteiger partial charge is 0.239 e. The zero-order valence-electron chi connectivity index (χ0n) is 12.3.